The molecule has 0 heterocycles. The molecule has 0 spiro atoms. The van der Waals surface area contributed by atoms with Gasteiger partial charge in [-0.25, -0.2) is 0 Å². The summed E-state index contributed by atoms with van der Waals surface area (Å²) in [5, 5.41) is 13.6. The zero-order chi connectivity index (χ0) is 14.6. The van der Waals surface area contributed by atoms with Gasteiger partial charge in [-0.05, 0) is 37.5 Å². The summed E-state index contributed by atoms with van der Waals surface area (Å²) >= 11 is 11.7. The number of rotatable bonds is 5. The molecular weight excluding hydrogens is 285 g/mol. The van der Waals surface area contributed by atoms with Crippen LogP contribution in [0.3, 0.4) is 0 Å². The van der Waals surface area contributed by atoms with E-state index in [1.807, 2.05) is 13.8 Å². The van der Waals surface area contributed by atoms with Crippen LogP contribution in [0.4, 0.5) is 0 Å². The minimum atomic E-state index is -0.924. The number of halogens is 2. The molecule has 5 heteroatoms. The number of carbonyl (C=O) groups excluding carboxylic acids is 1. The zero-order valence-corrected chi connectivity index (χ0v) is 12.8. The van der Waals surface area contributed by atoms with Crippen LogP contribution in [0.1, 0.15) is 37.6 Å². The van der Waals surface area contributed by atoms with E-state index in [0.29, 0.717) is 27.9 Å². The van der Waals surface area contributed by atoms with Crippen LogP contribution in [0.5, 0.6) is 0 Å². The second-order valence-electron chi connectivity index (χ2n) is 5.44. The molecule has 1 rings (SSSR count). The molecule has 1 amide bonds. The van der Waals surface area contributed by atoms with Crippen molar-refractivity contribution in [2.45, 2.75) is 32.8 Å². The van der Waals surface area contributed by atoms with Crippen molar-refractivity contribution in [1.29, 1.82) is 0 Å². The Balaban J connectivity index is 2.65. The number of carbonyl (C=O) groups is 1. The number of aliphatic hydroxyl groups is 1. The van der Waals surface area contributed by atoms with Crippen molar-refractivity contribution in [2.24, 2.45) is 5.92 Å². The highest BCUT2D eigenvalue weighted by atomic mass is 35.5. The van der Waals surface area contributed by atoms with Crippen molar-refractivity contribution < 1.29 is 9.90 Å². The molecule has 0 aromatic heterocycles. The van der Waals surface area contributed by atoms with Gasteiger partial charge in [0.2, 0.25) is 0 Å². The third-order valence-electron chi connectivity index (χ3n) is 2.60. The predicted octanol–water partition coefficient (Wildman–Crippen LogP) is 3.52. The topological polar surface area (TPSA) is 49.3 Å². The summed E-state index contributed by atoms with van der Waals surface area (Å²) in [7, 11) is 0. The summed E-state index contributed by atoms with van der Waals surface area (Å²) in [6, 6.07) is 4.65. The van der Waals surface area contributed by atoms with Crippen molar-refractivity contribution in [3.05, 3.63) is 33.8 Å². The molecule has 1 atom stereocenters. The number of hydrogen-bond acceptors (Lipinski definition) is 2. The smallest absolute Gasteiger partial charge is 0.251 e. The Hall–Kier alpha value is -0.770. The minimum absolute atomic E-state index is 0.189. The Morgan fingerprint density at radius 2 is 1.84 bits per heavy atom. The molecule has 1 unspecified atom stereocenters. The van der Waals surface area contributed by atoms with Crippen LogP contribution in [0, 0.1) is 5.92 Å². The van der Waals surface area contributed by atoms with Gasteiger partial charge in [0.05, 0.1) is 5.60 Å². The van der Waals surface area contributed by atoms with E-state index in [1.165, 1.54) is 0 Å². The Labute approximate surface area is 123 Å². The van der Waals surface area contributed by atoms with Crippen molar-refractivity contribution in [1.82, 2.24) is 5.32 Å². The van der Waals surface area contributed by atoms with Crippen molar-refractivity contribution >= 4 is 29.1 Å². The molecule has 0 aliphatic heterocycles. The van der Waals surface area contributed by atoms with Crippen LogP contribution in [0.25, 0.3) is 0 Å². The number of amides is 1. The Kier molecular flexibility index (Phi) is 5.65. The highest BCUT2D eigenvalue weighted by Gasteiger charge is 2.22. The first-order valence-electron chi connectivity index (χ1n) is 6.16. The molecule has 0 radical (unpaired) electrons. The normalized spacial score (nSPS) is 14.3. The van der Waals surface area contributed by atoms with Crippen LogP contribution in [-0.4, -0.2) is 23.2 Å². The van der Waals surface area contributed by atoms with Gasteiger partial charge in [-0.2, -0.15) is 0 Å². The fourth-order valence-electron chi connectivity index (χ4n) is 2.01. The predicted molar refractivity (Wildman–Crippen MR) is 78.9 cm³/mol. The SMILES string of the molecule is CC(C)CC(C)(O)CNC(=O)c1cc(Cl)cc(Cl)c1. The van der Waals surface area contributed by atoms with Gasteiger partial charge >= 0.3 is 0 Å². The molecule has 2 N–H and O–H groups in total. The van der Waals surface area contributed by atoms with Gasteiger partial charge in [0.15, 0.2) is 0 Å². The highest BCUT2D eigenvalue weighted by molar-refractivity contribution is 6.35. The molecule has 106 valence electrons. The van der Waals surface area contributed by atoms with E-state index in [2.05, 4.69) is 5.32 Å². The molecule has 1 aromatic carbocycles. The quantitative estimate of drug-likeness (QED) is 0.874. The standard InChI is InChI=1S/C14H19Cl2NO2/c1-9(2)7-14(3,19)8-17-13(18)10-4-11(15)6-12(16)5-10/h4-6,9,19H,7-8H2,1-3H3,(H,17,18). The van der Waals surface area contributed by atoms with E-state index in [-0.39, 0.29) is 12.5 Å². The van der Waals surface area contributed by atoms with E-state index in [1.54, 1.807) is 25.1 Å². The second-order valence-corrected chi connectivity index (χ2v) is 6.31. The van der Waals surface area contributed by atoms with Gasteiger partial charge < -0.3 is 10.4 Å². The summed E-state index contributed by atoms with van der Waals surface area (Å²) < 4.78 is 0. The van der Waals surface area contributed by atoms with E-state index < -0.39 is 5.60 Å². The molecule has 19 heavy (non-hydrogen) atoms. The third kappa shape index (κ3) is 5.81. The largest absolute Gasteiger partial charge is 0.388 e. The fraction of sp³-hybridized carbons (Fsp3) is 0.500. The van der Waals surface area contributed by atoms with Crippen LogP contribution < -0.4 is 5.32 Å². The van der Waals surface area contributed by atoms with Gasteiger partial charge in [-0.15, -0.1) is 0 Å². The summed E-state index contributed by atoms with van der Waals surface area (Å²) in [6.07, 6.45) is 0.615. The number of hydrogen-bond donors (Lipinski definition) is 2. The maximum Gasteiger partial charge on any atom is 0.251 e. The molecule has 1 aromatic rings. The van der Waals surface area contributed by atoms with Gasteiger partial charge in [0.25, 0.3) is 5.91 Å². The lowest BCUT2D eigenvalue weighted by molar-refractivity contribution is 0.0368. The van der Waals surface area contributed by atoms with Gasteiger partial charge in [-0.1, -0.05) is 37.0 Å². The van der Waals surface area contributed by atoms with E-state index in [9.17, 15) is 9.90 Å². The van der Waals surface area contributed by atoms with Crippen LogP contribution in [0.15, 0.2) is 18.2 Å². The molecule has 3 nitrogen and oxygen atoms in total. The summed E-state index contributed by atoms with van der Waals surface area (Å²) in [6.45, 7) is 5.94. The first-order valence-corrected chi connectivity index (χ1v) is 6.92. The minimum Gasteiger partial charge on any atom is -0.388 e. The maximum atomic E-state index is 11.9. The average Bonchev–Trinajstić information content (AvgIpc) is 2.22. The van der Waals surface area contributed by atoms with Crippen molar-refractivity contribution in [3.63, 3.8) is 0 Å². The zero-order valence-electron chi connectivity index (χ0n) is 11.3. The lowest BCUT2D eigenvalue weighted by Crippen LogP contribution is -2.41. The maximum absolute atomic E-state index is 11.9. The van der Waals surface area contributed by atoms with Crippen LogP contribution in [0.2, 0.25) is 10.0 Å². The number of nitrogens with one attached hydrogen (secondary N) is 1. The Morgan fingerprint density at radius 1 is 1.32 bits per heavy atom. The number of benzene rings is 1. The molecule has 0 bridgehead atoms. The van der Waals surface area contributed by atoms with Gasteiger partial charge in [0.1, 0.15) is 0 Å². The molecule has 0 fully saturated rings. The molecule has 0 saturated heterocycles. The first kappa shape index (κ1) is 16.3. The van der Waals surface area contributed by atoms with E-state index in [0.717, 1.165) is 0 Å². The van der Waals surface area contributed by atoms with Gasteiger partial charge in [-0.3, -0.25) is 4.79 Å². The monoisotopic (exact) mass is 303 g/mol. The second kappa shape index (κ2) is 6.60. The fourth-order valence-corrected chi connectivity index (χ4v) is 2.54. The lowest BCUT2D eigenvalue weighted by Gasteiger charge is -2.25. The molecule has 0 aliphatic rings. The van der Waals surface area contributed by atoms with Crippen LogP contribution >= 0.6 is 23.2 Å². The Bertz CT molecular complexity index is 439. The van der Waals surface area contributed by atoms with Crippen molar-refractivity contribution in [2.75, 3.05) is 6.54 Å². The Morgan fingerprint density at radius 3 is 2.32 bits per heavy atom. The summed E-state index contributed by atoms with van der Waals surface area (Å²) in [4.78, 5) is 11.9. The summed E-state index contributed by atoms with van der Waals surface area (Å²) in [5.41, 5.74) is -0.538. The molecule has 0 aliphatic carbocycles. The van der Waals surface area contributed by atoms with Gasteiger partial charge in [0, 0.05) is 22.2 Å². The lowest BCUT2D eigenvalue weighted by atomic mass is 9.94. The highest BCUT2D eigenvalue weighted by Crippen LogP contribution is 2.19. The average molecular weight is 304 g/mol. The van der Waals surface area contributed by atoms with E-state index >= 15 is 0 Å². The van der Waals surface area contributed by atoms with Crippen molar-refractivity contribution in [3.8, 4) is 0 Å². The van der Waals surface area contributed by atoms with E-state index in [4.69, 9.17) is 23.2 Å². The van der Waals surface area contributed by atoms with Crippen LogP contribution in [-0.2, 0) is 0 Å². The molecular formula is C14H19Cl2NO2. The first-order chi connectivity index (χ1) is 8.69. The molecule has 0 saturated carbocycles. The third-order valence-corrected chi connectivity index (χ3v) is 3.04. The summed E-state index contributed by atoms with van der Waals surface area (Å²) in [5.74, 6) is 0.0564.